The molecule has 2 aromatic rings. The molecule has 0 bridgehead atoms. The number of aryl methyl sites for hydroxylation is 1. The molecule has 1 N–H and O–H groups in total. The van der Waals surface area contributed by atoms with Gasteiger partial charge in [0.25, 0.3) is 5.91 Å². The minimum absolute atomic E-state index is 0.117. The maximum atomic E-state index is 12.5. The van der Waals surface area contributed by atoms with Gasteiger partial charge in [0.1, 0.15) is 0 Å². The normalized spacial score (nSPS) is 11.3. The zero-order valence-corrected chi connectivity index (χ0v) is 16.9. The van der Waals surface area contributed by atoms with Crippen molar-refractivity contribution in [1.82, 2.24) is 9.62 Å². The second kappa shape index (κ2) is 8.41. The SMILES string of the molecule is COc1ccc(CNC(=O)c2ccc(C)c(S(=O)(=O)N(C)C)c2)cc1OC. The van der Waals surface area contributed by atoms with Crippen molar-refractivity contribution >= 4 is 15.9 Å². The molecule has 27 heavy (non-hydrogen) atoms. The van der Waals surface area contributed by atoms with Crippen LogP contribution in [0.25, 0.3) is 0 Å². The summed E-state index contributed by atoms with van der Waals surface area (Å²) in [6.45, 7) is 1.96. The first-order valence-corrected chi connectivity index (χ1v) is 9.67. The second-order valence-electron chi connectivity index (χ2n) is 6.14. The molecule has 146 valence electrons. The molecule has 1 amide bonds. The van der Waals surface area contributed by atoms with Crippen molar-refractivity contribution < 1.29 is 22.7 Å². The molecule has 0 saturated carbocycles. The number of amides is 1. The molecule has 0 aromatic heterocycles. The molecule has 0 fully saturated rings. The predicted molar refractivity (Wildman–Crippen MR) is 103 cm³/mol. The molecule has 2 aromatic carbocycles. The number of nitrogens with one attached hydrogen (secondary N) is 1. The first-order valence-electron chi connectivity index (χ1n) is 8.23. The molecular weight excluding hydrogens is 368 g/mol. The van der Waals surface area contributed by atoms with Crippen LogP contribution in [0.2, 0.25) is 0 Å². The molecule has 0 saturated heterocycles. The van der Waals surface area contributed by atoms with Gasteiger partial charge in [0.2, 0.25) is 10.0 Å². The van der Waals surface area contributed by atoms with E-state index in [4.69, 9.17) is 9.47 Å². The van der Waals surface area contributed by atoms with E-state index in [0.717, 1.165) is 9.87 Å². The smallest absolute Gasteiger partial charge is 0.251 e. The third kappa shape index (κ3) is 4.58. The highest BCUT2D eigenvalue weighted by Gasteiger charge is 2.21. The molecule has 0 radical (unpaired) electrons. The Hall–Kier alpha value is -2.58. The van der Waals surface area contributed by atoms with E-state index in [2.05, 4.69) is 5.32 Å². The zero-order valence-electron chi connectivity index (χ0n) is 16.1. The monoisotopic (exact) mass is 392 g/mol. The molecule has 0 spiro atoms. The lowest BCUT2D eigenvalue weighted by Gasteiger charge is -2.15. The summed E-state index contributed by atoms with van der Waals surface area (Å²) >= 11 is 0. The van der Waals surface area contributed by atoms with Crippen LogP contribution in [0.3, 0.4) is 0 Å². The first-order chi connectivity index (χ1) is 12.7. The minimum Gasteiger partial charge on any atom is -0.493 e. The van der Waals surface area contributed by atoms with E-state index in [0.29, 0.717) is 17.1 Å². The van der Waals surface area contributed by atoms with Crippen molar-refractivity contribution in [2.45, 2.75) is 18.4 Å². The minimum atomic E-state index is -3.62. The molecule has 2 rings (SSSR count). The fraction of sp³-hybridized carbons (Fsp3) is 0.316. The molecule has 0 unspecified atom stereocenters. The number of hydrogen-bond donors (Lipinski definition) is 1. The highest BCUT2D eigenvalue weighted by Crippen LogP contribution is 2.27. The number of hydrogen-bond acceptors (Lipinski definition) is 5. The van der Waals surface area contributed by atoms with Crippen molar-refractivity contribution in [2.75, 3.05) is 28.3 Å². The van der Waals surface area contributed by atoms with E-state index < -0.39 is 10.0 Å². The maximum Gasteiger partial charge on any atom is 0.251 e. The summed E-state index contributed by atoms with van der Waals surface area (Å²) in [6.07, 6.45) is 0. The summed E-state index contributed by atoms with van der Waals surface area (Å²) in [7, 11) is 2.38. The number of benzene rings is 2. The van der Waals surface area contributed by atoms with Crippen molar-refractivity contribution in [3.8, 4) is 11.5 Å². The van der Waals surface area contributed by atoms with Gasteiger partial charge in [0, 0.05) is 26.2 Å². The Morgan fingerprint density at radius 2 is 1.70 bits per heavy atom. The topological polar surface area (TPSA) is 84.9 Å². The van der Waals surface area contributed by atoms with E-state index >= 15 is 0 Å². The van der Waals surface area contributed by atoms with Gasteiger partial charge < -0.3 is 14.8 Å². The van der Waals surface area contributed by atoms with E-state index in [1.807, 2.05) is 6.07 Å². The van der Waals surface area contributed by atoms with E-state index in [1.165, 1.54) is 20.2 Å². The average Bonchev–Trinajstić information content (AvgIpc) is 2.65. The summed E-state index contributed by atoms with van der Waals surface area (Å²) in [5.74, 6) is 0.809. The largest absolute Gasteiger partial charge is 0.493 e. The van der Waals surface area contributed by atoms with Gasteiger partial charge >= 0.3 is 0 Å². The Bertz CT molecular complexity index is 939. The van der Waals surface area contributed by atoms with Gasteiger partial charge in [-0.2, -0.15) is 0 Å². The van der Waals surface area contributed by atoms with Crippen LogP contribution in [0.5, 0.6) is 11.5 Å². The Morgan fingerprint density at radius 3 is 2.30 bits per heavy atom. The average molecular weight is 392 g/mol. The molecule has 8 heteroatoms. The predicted octanol–water partition coefficient (Wildman–Crippen LogP) is 2.19. The van der Waals surface area contributed by atoms with Crippen molar-refractivity contribution in [2.24, 2.45) is 0 Å². The number of sulfonamides is 1. The van der Waals surface area contributed by atoms with Gasteiger partial charge in [0.05, 0.1) is 19.1 Å². The highest BCUT2D eigenvalue weighted by molar-refractivity contribution is 7.89. The third-order valence-electron chi connectivity index (χ3n) is 4.11. The summed E-state index contributed by atoms with van der Waals surface area (Å²) in [6, 6.07) is 9.98. The van der Waals surface area contributed by atoms with Gasteiger partial charge in [-0.05, 0) is 42.3 Å². The van der Waals surface area contributed by atoms with Gasteiger partial charge in [-0.25, -0.2) is 12.7 Å². The van der Waals surface area contributed by atoms with E-state index in [-0.39, 0.29) is 22.9 Å². The van der Waals surface area contributed by atoms with Crippen LogP contribution in [-0.2, 0) is 16.6 Å². The number of rotatable bonds is 7. The summed E-state index contributed by atoms with van der Waals surface area (Å²) in [5, 5.41) is 2.79. The fourth-order valence-electron chi connectivity index (χ4n) is 2.49. The number of ether oxygens (including phenoxy) is 2. The Balaban J connectivity index is 2.20. The third-order valence-corrected chi connectivity index (χ3v) is 6.07. The molecule has 7 nitrogen and oxygen atoms in total. The van der Waals surface area contributed by atoms with Crippen molar-refractivity contribution in [3.63, 3.8) is 0 Å². The Morgan fingerprint density at radius 1 is 1.04 bits per heavy atom. The number of carbonyl (C=O) groups is 1. The lowest BCUT2D eigenvalue weighted by molar-refractivity contribution is 0.0950. The van der Waals surface area contributed by atoms with E-state index in [1.54, 1.807) is 45.4 Å². The molecule has 0 aliphatic carbocycles. The first kappa shape index (κ1) is 20.7. The van der Waals surface area contributed by atoms with Crippen LogP contribution in [0.1, 0.15) is 21.5 Å². The standard InChI is InChI=1S/C19H24N2O5S/c1-13-6-8-15(11-18(13)27(23,24)21(2)3)19(22)20-12-14-7-9-16(25-4)17(10-14)26-5/h6-11H,12H2,1-5H3,(H,20,22). The van der Waals surface area contributed by atoms with Crippen LogP contribution in [0.15, 0.2) is 41.3 Å². The van der Waals surface area contributed by atoms with Crippen LogP contribution in [0.4, 0.5) is 0 Å². The van der Waals surface area contributed by atoms with Crippen LogP contribution < -0.4 is 14.8 Å². The number of carbonyl (C=O) groups excluding carboxylic acids is 1. The lowest BCUT2D eigenvalue weighted by atomic mass is 10.1. The van der Waals surface area contributed by atoms with Crippen LogP contribution in [-0.4, -0.2) is 46.9 Å². The summed E-state index contributed by atoms with van der Waals surface area (Å²) in [5.41, 5.74) is 1.69. The summed E-state index contributed by atoms with van der Waals surface area (Å²) in [4.78, 5) is 12.6. The molecule has 0 aliphatic rings. The van der Waals surface area contributed by atoms with Gasteiger partial charge in [-0.3, -0.25) is 4.79 Å². The summed E-state index contributed by atoms with van der Waals surface area (Å²) < 4.78 is 36.4. The van der Waals surface area contributed by atoms with Crippen molar-refractivity contribution in [3.05, 3.63) is 53.1 Å². The second-order valence-corrected chi connectivity index (χ2v) is 8.26. The molecular formula is C19H24N2O5S. The van der Waals surface area contributed by atoms with Gasteiger partial charge in [-0.1, -0.05) is 12.1 Å². The Kier molecular flexibility index (Phi) is 6.45. The Labute approximate surface area is 160 Å². The van der Waals surface area contributed by atoms with Crippen LogP contribution in [0, 0.1) is 6.92 Å². The van der Waals surface area contributed by atoms with Gasteiger partial charge in [-0.15, -0.1) is 0 Å². The molecule has 0 heterocycles. The zero-order chi connectivity index (χ0) is 20.2. The van der Waals surface area contributed by atoms with Crippen molar-refractivity contribution in [1.29, 1.82) is 0 Å². The quantitative estimate of drug-likeness (QED) is 0.781. The highest BCUT2D eigenvalue weighted by atomic mass is 32.2. The molecule has 0 atom stereocenters. The van der Waals surface area contributed by atoms with E-state index in [9.17, 15) is 13.2 Å². The lowest BCUT2D eigenvalue weighted by Crippen LogP contribution is -2.25. The fourth-order valence-corrected chi connectivity index (χ4v) is 3.64. The maximum absolute atomic E-state index is 12.5. The van der Waals surface area contributed by atoms with Crippen LogP contribution >= 0.6 is 0 Å². The number of nitrogens with zero attached hydrogens (tertiary/aromatic N) is 1. The molecule has 0 aliphatic heterocycles. The number of methoxy groups -OCH3 is 2. The van der Waals surface area contributed by atoms with Gasteiger partial charge in [0.15, 0.2) is 11.5 Å².